The van der Waals surface area contributed by atoms with Gasteiger partial charge in [0.2, 0.25) is 0 Å². The van der Waals surface area contributed by atoms with Gasteiger partial charge >= 0.3 is 0 Å². The summed E-state index contributed by atoms with van der Waals surface area (Å²) < 4.78 is 10.7. The van der Waals surface area contributed by atoms with Crippen LogP contribution in [0.25, 0.3) is 0 Å². The maximum absolute atomic E-state index is 5.34. The summed E-state index contributed by atoms with van der Waals surface area (Å²) in [5, 5.41) is 2.35. The number of quaternary nitrogens is 1. The van der Waals surface area contributed by atoms with Crippen molar-refractivity contribution in [1.82, 2.24) is 0 Å². The Bertz CT molecular complexity index is 546. The summed E-state index contributed by atoms with van der Waals surface area (Å²) >= 11 is 0. The zero-order valence-electron chi connectivity index (χ0n) is 13.2. The van der Waals surface area contributed by atoms with E-state index in [4.69, 9.17) is 9.47 Å². The highest BCUT2D eigenvalue weighted by atomic mass is 16.5. The highest BCUT2D eigenvalue weighted by Gasteiger charge is 2.16. The normalized spacial score (nSPS) is 13.5. The van der Waals surface area contributed by atoms with E-state index in [0.717, 1.165) is 11.5 Å². The van der Waals surface area contributed by atoms with Gasteiger partial charge in [0.05, 0.1) is 14.2 Å². The van der Waals surface area contributed by atoms with Gasteiger partial charge in [0.1, 0.15) is 23.6 Å². The molecule has 3 nitrogen and oxygen atoms in total. The lowest BCUT2D eigenvalue weighted by Crippen LogP contribution is -2.85. The Balaban J connectivity index is 2.14. The predicted molar refractivity (Wildman–Crippen MR) is 84.7 cm³/mol. The fourth-order valence-corrected chi connectivity index (χ4v) is 2.50. The molecule has 2 aromatic rings. The van der Waals surface area contributed by atoms with Crippen LogP contribution in [0, 0.1) is 0 Å². The van der Waals surface area contributed by atoms with Crippen LogP contribution < -0.4 is 14.8 Å². The van der Waals surface area contributed by atoms with E-state index in [1.54, 1.807) is 14.2 Å². The maximum atomic E-state index is 5.34. The summed E-state index contributed by atoms with van der Waals surface area (Å²) in [6.45, 7) is 4.43. The number of ether oxygens (including phenoxy) is 2. The number of hydrogen-bond acceptors (Lipinski definition) is 2. The van der Waals surface area contributed by atoms with Crippen molar-refractivity contribution < 1.29 is 14.8 Å². The van der Waals surface area contributed by atoms with Crippen LogP contribution in [0.1, 0.15) is 37.1 Å². The third-order valence-corrected chi connectivity index (χ3v) is 3.80. The molecule has 0 saturated heterocycles. The Kier molecular flexibility index (Phi) is 5.23. The van der Waals surface area contributed by atoms with Crippen LogP contribution >= 0.6 is 0 Å². The van der Waals surface area contributed by atoms with Crippen molar-refractivity contribution in [2.75, 3.05) is 14.2 Å². The molecule has 0 bridgehead atoms. The predicted octanol–water partition coefficient (Wildman–Crippen LogP) is 3.09. The van der Waals surface area contributed by atoms with Gasteiger partial charge in [0.25, 0.3) is 0 Å². The van der Waals surface area contributed by atoms with Crippen LogP contribution in [0.3, 0.4) is 0 Å². The van der Waals surface area contributed by atoms with Gasteiger partial charge < -0.3 is 14.8 Å². The first kappa shape index (κ1) is 15.4. The molecule has 0 aliphatic rings. The highest BCUT2D eigenvalue weighted by Crippen LogP contribution is 2.25. The van der Waals surface area contributed by atoms with Crippen molar-refractivity contribution in [1.29, 1.82) is 0 Å². The molecule has 112 valence electrons. The van der Waals surface area contributed by atoms with Crippen LogP contribution in [0.2, 0.25) is 0 Å². The van der Waals surface area contributed by atoms with Crippen molar-refractivity contribution in [3.63, 3.8) is 0 Å². The second-order valence-electron chi connectivity index (χ2n) is 5.33. The molecule has 0 radical (unpaired) electrons. The van der Waals surface area contributed by atoms with Crippen molar-refractivity contribution in [3.05, 3.63) is 59.7 Å². The van der Waals surface area contributed by atoms with E-state index < -0.39 is 0 Å². The standard InChI is InChI=1S/C18H23NO2/c1-13(15-8-6-5-7-9-15)19-14(2)16-10-17(20-3)12-18(11-16)21-4/h5-14,19H,1-4H3/p+1/t13-,14-/m0/s1. The molecule has 2 N–H and O–H groups in total. The number of hydrogen-bond donors (Lipinski definition) is 1. The molecule has 21 heavy (non-hydrogen) atoms. The Morgan fingerprint density at radius 1 is 0.762 bits per heavy atom. The molecule has 0 unspecified atom stereocenters. The van der Waals surface area contributed by atoms with Gasteiger partial charge in [0.15, 0.2) is 0 Å². The van der Waals surface area contributed by atoms with E-state index in [-0.39, 0.29) is 0 Å². The van der Waals surface area contributed by atoms with Crippen molar-refractivity contribution >= 4 is 0 Å². The van der Waals surface area contributed by atoms with Gasteiger partial charge in [-0.2, -0.15) is 0 Å². The van der Waals surface area contributed by atoms with E-state index in [2.05, 4.69) is 55.6 Å². The molecular weight excluding hydrogens is 262 g/mol. The number of benzene rings is 2. The number of methoxy groups -OCH3 is 2. The Hall–Kier alpha value is -2.00. The minimum Gasteiger partial charge on any atom is -0.497 e. The molecule has 3 heteroatoms. The lowest BCUT2D eigenvalue weighted by molar-refractivity contribution is -0.728. The quantitative estimate of drug-likeness (QED) is 0.885. The molecular formula is C18H24NO2+. The lowest BCUT2D eigenvalue weighted by Gasteiger charge is -2.18. The fraction of sp³-hybridized carbons (Fsp3) is 0.333. The molecule has 2 atom stereocenters. The first-order chi connectivity index (χ1) is 10.1. The van der Waals surface area contributed by atoms with E-state index >= 15 is 0 Å². The Labute approximate surface area is 126 Å². The van der Waals surface area contributed by atoms with Gasteiger partial charge in [-0.15, -0.1) is 0 Å². The van der Waals surface area contributed by atoms with E-state index in [1.807, 2.05) is 12.1 Å². The second kappa shape index (κ2) is 7.14. The van der Waals surface area contributed by atoms with Crippen LogP contribution in [-0.2, 0) is 0 Å². The lowest BCUT2D eigenvalue weighted by atomic mass is 10.0. The summed E-state index contributed by atoms with van der Waals surface area (Å²) in [5.74, 6) is 1.66. The minimum atomic E-state index is 0.323. The average Bonchev–Trinajstić information content (AvgIpc) is 2.54. The molecule has 0 amide bonds. The molecule has 0 saturated carbocycles. The third kappa shape index (κ3) is 3.99. The summed E-state index contributed by atoms with van der Waals surface area (Å²) in [6.07, 6.45) is 0. The van der Waals surface area contributed by atoms with Gasteiger partial charge in [0, 0.05) is 17.2 Å². The minimum absolute atomic E-state index is 0.323. The summed E-state index contributed by atoms with van der Waals surface area (Å²) in [5.41, 5.74) is 2.54. The fourth-order valence-electron chi connectivity index (χ4n) is 2.50. The number of nitrogens with two attached hydrogens (primary N) is 1. The average molecular weight is 286 g/mol. The van der Waals surface area contributed by atoms with Gasteiger partial charge in [-0.3, -0.25) is 0 Å². The molecule has 0 fully saturated rings. The van der Waals surface area contributed by atoms with Gasteiger partial charge in [-0.1, -0.05) is 30.3 Å². The van der Waals surface area contributed by atoms with Gasteiger partial charge in [-0.05, 0) is 26.0 Å². The van der Waals surface area contributed by atoms with Gasteiger partial charge in [-0.25, -0.2) is 0 Å². The first-order valence-corrected chi connectivity index (χ1v) is 7.27. The van der Waals surface area contributed by atoms with Crippen LogP contribution in [0.4, 0.5) is 0 Å². The summed E-state index contributed by atoms with van der Waals surface area (Å²) in [4.78, 5) is 0. The SMILES string of the molecule is COc1cc(OC)cc([C@H](C)[NH2+][C@@H](C)c2ccccc2)c1. The Morgan fingerprint density at radius 3 is 1.81 bits per heavy atom. The largest absolute Gasteiger partial charge is 0.497 e. The van der Waals surface area contributed by atoms with Crippen molar-refractivity contribution in [2.45, 2.75) is 25.9 Å². The number of rotatable bonds is 6. The van der Waals surface area contributed by atoms with E-state index in [9.17, 15) is 0 Å². The molecule has 0 heterocycles. The van der Waals surface area contributed by atoms with Crippen LogP contribution in [0.5, 0.6) is 11.5 Å². The van der Waals surface area contributed by atoms with Crippen molar-refractivity contribution in [3.8, 4) is 11.5 Å². The molecule has 0 aliphatic heterocycles. The Morgan fingerprint density at radius 2 is 1.29 bits per heavy atom. The van der Waals surface area contributed by atoms with Crippen LogP contribution in [-0.4, -0.2) is 14.2 Å². The maximum Gasteiger partial charge on any atom is 0.123 e. The zero-order valence-corrected chi connectivity index (χ0v) is 13.2. The van der Waals surface area contributed by atoms with E-state index in [1.165, 1.54) is 11.1 Å². The van der Waals surface area contributed by atoms with E-state index in [0.29, 0.717) is 12.1 Å². The monoisotopic (exact) mass is 286 g/mol. The second-order valence-corrected chi connectivity index (χ2v) is 5.33. The smallest absolute Gasteiger partial charge is 0.123 e. The highest BCUT2D eigenvalue weighted by molar-refractivity contribution is 5.39. The molecule has 2 rings (SSSR count). The van der Waals surface area contributed by atoms with Crippen LogP contribution in [0.15, 0.2) is 48.5 Å². The molecule has 0 spiro atoms. The third-order valence-electron chi connectivity index (χ3n) is 3.80. The topological polar surface area (TPSA) is 35.1 Å². The first-order valence-electron chi connectivity index (χ1n) is 7.27. The zero-order chi connectivity index (χ0) is 15.2. The summed E-state index contributed by atoms with van der Waals surface area (Å²) in [7, 11) is 3.36. The van der Waals surface area contributed by atoms with Crippen molar-refractivity contribution in [2.24, 2.45) is 0 Å². The molecule has 0 aliphatic carbocycles. The molecule has 0 aromatic heterocycles. The molecule has 2 aromatic carbocycles. The summed E-state index contributed by atoms with van der Waals surface area (Å²) in [6, 6.07) is 17.3.